The van der Waals surface area contributed by atoms with Gasteiger partial charge in [0, 0.05) is 18.7 Å². The number of benzene rings is 2. The molecule has 4 N–H and O–H groups in total. The molecule has 2 aromatic carbocycles. The van der Waals surface area contributed by atoms with E-state index >= 15 is 0 Å². The van der Waals surface area contributed by atoms with Crippen LogP contribution in [-0.2, 0) is 13.1 Å². The van der Waals surface area contributed by atoms with Gasteiger partial charge >= 0.3 is 0 Å². The van der Waals surface area contributed by atoms with E-state index < -0.39 is 5.60 Å². The SMILES string of the molecule is CC(C)(O)CNc1nc(NCc2cccc(Cl)c2O)c2ncn(Cc3ccccc3)c2n1. The van der Waals surface area contributed by atoms with Crippen molar-refractivity contribution < 1.29 is 10.2 Å². The summed E-state index contributed by atoms with van der Waals surface area (Å²) < 4.78 is 1.95. The first-order chi connectivity index (χ1) is 15.3. The fourth-order valence-corrected chi connectivity index (χ4v) is 3.41. The van der Waals surface area contributed by atoms with Gasteiger partial charge in [-0.05, 0) is 25.5 Å². The molecule has 0 fully saturated rings. The second kappa shape index (κ2) is 9.02. The number of rotatable bonds is 8. The summed E-state index contributed by atoms with van der Waals surface area (Å²) in [5, 5.41) is 26.9. The number of anilines is 2. The van der Waals surface area contributed by atoms with Gasteiger partial charge in [0.25, 0.3) is 0 Å². The van der Waals surface area contributed by atoms with Gasteiger partial charge in [0.05, 0.1) is 23.5 Å². The van der Waals surface area contributed by atoms with E-state index in [1.165, 1.54) is 0 Å². The summed E-state index contributed by atoms with van der Waals surface area (Å²) in [6.07, 6.45) is 1.73. The number of aromatic hydroxyl groups is 1. The van der Waals surface area contributed by atoms with Crippen molar-refractivity contribution in [3.05, 3.63) is 71.0 Å². The summed E-state index contributed by atoms with van der Waals surface area (Å²) in [5.74, 6) is 0.911. The van der Waals surface area contributed by atoms with Gasteiger partial charge in [0.15, 0.2) is 17.0 Å². The highest BCUT2D eigenvalue weighted by molar-refractivity contribution is 6.32. The van der Waals surface area contributed by atoms with Crippen molar-refractivity contribution in [1.29, 1.82) is 0 Å². The van der Waals surface area contributed by atoms with Gasteiger partial charge in [0.1, 0.15) is 5.75 Å². The maximum atomic E-state index is 10.2. The monoisotopic (exact) mass is 452 g/mol. The van der Waals surface area contributed by atoms with Gasteiger partial charge in [0.2, 0.25) is 5.95 Å². The maximum Gasteiger partial charge on any atom is 0.226 e. The molecule has 8 nitrogen and oxygen atoms in total. The highest BCUT2D eigenvalue weighted by atomic mass is 35.5. The van der Waals surface area contributed by atoms with Crippen LogP contribution in [0.2, 0.25) is 5.02 Å². The summed E-state index contributed by atoms with van der Waals surface area (Å²) in [7, 11) is 0. The van der Waals surface area contributed by atoms with Crippen LogP contribution < -0.4 is 10.6 Å². The lowest BCUT2D eigenvalue weighted by atomic mass is 10.1. The fraction of sp³-hybridized carbons (Fsp3) is 0.261. The second-order valence-corrected chi connectivity index (χ2v) is 8.60. The lowest BCUT2D eigenvalue weighted by molar-refractivity contribution is 0.0943. The highest BCUT2D eigenvalue weighted by Crippen LogP contribution is 2.28. The van der Waals surface area contributed by atoms with Crippen LogP contribution in [0, 0.1) is 0 Å². The molecule has 0 saturated carbocycles. The molecule has 0 radical (unpaired) electrons. The van der Waals surface area contributed by atoms with Crippen molar-refractivity contribution in [2.45, 2.75) is 32.5 Å². The van der Waals surface area contributed by atoms with E-state index in [9.17, 15) is 10.2 Å². The topological polar surface area (TPSA) is 108 Å². The predicted octanol–water partition coefficient (Wildman–Crippen LogP) is 4.03. The number of hydrogen-bond donors (Lipinski definition) is 4. The number of aromatic nitrogens is 4. The van der Waals surface area contributed by atoms with Gasteiger partial charge in [-0.1, -0.05) is 54.1 Å². The molecule has 0 spiro atoms. The second-order valence-electron chi connectivity index (χ2n) is 8.19. The zero-order valence-corrected chi connectivity index (χ0v) is 18.6. The Bertz CT molecular complexity index is 1220. The van der Waals surface area contributed by atoms with Crippen molar-refractivity contribution in [2.24, 2.45) is 0 Å². The van der Waals surface area contributed by atoms with Crippen LogP contribution in [0.4, 0.5) is 11.8 Å². The zero-order chi connectivity index (χ0) is 22.7. The van der Waals surface area contributed by atoms with E-state index in [-0.39, 0.29) is 17.3 Å². The first-order valence-corrected chi connectivity index (χ1v) is 10.6. The molecule has 166 valence electrons. The minimum absolute atomic E-state index is 0.0296. The average Bonchev–Trinajstić information content (AvgIpc) is 3.16. The van der Waals surface area contributed by atoms with Gasteiger partial charge < -0.3 is 25.4 Å². The van der Waals surface area contributed by atoms with Gasteiger partial charge in [-0.2, -0.15) is 9.97 Å². The van der Waals surface area contributed by atoms with Crippen LogP contribution >= 0.6 is 11.6 Å². The van der Waals surface area contributed by atoms with E-state index in [0.29, 0.717) is 41.6 Å². The van der Waals surface area contributed by atoms with Gasteiger partial charge in [-0.15, -0.1) is 0 Å². The molecule has 32 heavy (non-hydrogen) atoms. The normalized spacial score (nSPS) is 11.6. The Morgan fingerprint density at radius 2 is 1.81 bits per heavy atom. The van der Waals surface area contributed by atoms with Crippen LogP contribution in [0.5, 0.6) is 5.75 Å². The standard InChI is InChI=1S/C23H25ClN6O2/c1-23(2,32)13-26-22-28-20(25-11-16-9-6-10-17(24)19(16)31)18-21(29-22)30(14-27-18)12-15-7-4-3-5-8-15/h3-10,14,31-32H,11-13H2,1-2H3,(H2,25,26,28,29). The van der Waals surface area contributed by atoms with Crippen LogP contribution in [-0.4, -0.2) is 41.9 Å². The first kappa shape index (κ1) is 21.9. The molecular weight excluding hydrogens is 428 g/mol. The summed E-state index contributed by atoms with van der Waals surface area (Å²) in [5.41, 5.74) is 2.09. The van der Waals surface area contributed by atoms with E-state index in [4.69, 9.17) is 11.6 Å². The number of nitrogens with one attached hydrogen (secondary N) is 2. The minimum Gasteiger partial charge on any atom is -0.506 e. The maximum absolute atomic E-state index is 10.2. The number of imidazole rings is 1. The highest BCUT2D eigenvalue weighted by Gasteiger charge is 2.17. The molecule has 0 saturated heterocycles. The molecule has 0 bridgehead atoms. The number of hydrogen-bond acceptors (Lipinski definition) is 7. The number of halogens is 1. The number of para-hydroxylation sites is 1. The van der Waals surface area contributed by atoms with E-state index in [1.54, 1.807) is 38.4 Å². The van der Waals surface area contributed by atoms with Crippen molar-refractivity contribution in [1.82, 2.24) is 19.5 Å². The third-order valence-corrected chi connectivity index (χ3v) is 5.16. The predicted molar refractivity (Wildman–Crippen MR) is 126 cm³/mol. The summed E-state index contributed by atoms with van der Waals surface area (Å²) in [4.78, 5) is 13.7. The average molecular weight is 453 g/mol. The summed E-state index contributed by atoms with van der Waals surface area (Å²) in [6, 6.07) is 15.2. The van der Waals surface area contributed by atoms with Gasteiger partial charge in [-0.3, -0.25) is 0 Å². The molecule has 4 aromatic rings. The third kappa shape index (κ3) is 5.09. The molecule has 0 aliphatic rings. The Balaban J connectivity index is 1.68. The molecule has 0 atom stereocenters. The van der Waals surface area contributed by atoms with Crippen LogP contribution in [0.1, 0.15) is 25.0 Å². The van der Waals surface area contributed by atoms with Crippen molar-refractivity contribution in [3.8, 4) is 5.75 Å². The van der Waals surface area contributed by atoms with E-state index in [2.05, 4.69) is 25.6 Å². The van der Waals surface area contributed by atoms with Crippen LogP contribution in [0.3, 0.4) is 0 Å². The number of phenolic OH excluding ortho intramolecular Hbond substituents is 1. The zero-order valence-electron chi connectivity index (χ0n) is 17.9. The molecule has 0 unspecified atom stereocenters. The first-order valence-electron chi connectivity index (χ1n) is 10.2. The molecule has 2 heterocycles. The summed E-state index contributed by atoms with van der Waals surface area (Å²) >= 11 is 6.03. The fourth-order valence-electron chi connectivity index (χ4n) is 3.22. The number of fused-ring (bicyclic) bond motifs is 1. The molecular formula is C23H25ClN6O2. The Morgan fingerprint density at radius 1 is 1.03 bits per heavy atom. The molecule has 0 aliphatic carbocycles. The Kier molecular flexibility index (Phi) is 6.16. The van der Waals surface area contributed by atoms with Crippen molar-refractivity contribution in [2.75, 3.05) is 17.2 Å². The van der Waals surface area contributed by atoms with Crippen molar-refractivity contribution >= 4 is 34.5 Å². The number of phenols is 1. The Labute approximate surface area is 190 Å². The third-order valence-electron chi connectivity index (χ3n) is 4.86. The molecule has 9 heteroatoms. The molecule has 0 aliphatic heterocycles. The van der Waals surface area contributed by atoms with Crippen LogP contribution in [0.25, 0.3) is 11.2 Å². The quantitative estimate of drug-likeness (QED) is 0.319. The minimum atomic E-state index is -0.928. The van der Waals surface area contributed by atoms with Crippen molar-refractivity contribution in [3.63, 3.8) is 0 Å². The molecule has 2 aromatic heterocycles. The van der Waals surface area contributed by atoms with Gasteiger partial charge in [-0.25, -0.2) is 4.98 Å². The molecule has 4 rings (SSSR count). The number of aliphatic hydroxyl groups is 1. The smallest absolute Gasteiger partial charge is 0.226 e. The van der Waals surface area contributed by atoms with Crippen LogP contribution in [0.15, 0.2) is 54.9 Å². The Morgan fingerprint density at radius 3 is 2.56 bits per heavy atom. The lowest BCUT2D eigenvalue weighted by Gasteiger charge is -2.18. The largest absolute Gasteiger partial charge is 0.506 e. The number of nitrogens with zero attached hydrogens (tertiary/aromatic N) is 4. The van der Waals surface area contributed by atoms with E-state index in [1.807, 2.05) is 34.9 Å². The van der Waals surface area contributed by atoms with E-state index in [0.717, 1.165) is 5.56 Å². The molecule has 0 amide bonds. The lowest BCUT2D eigenvalue weighted by Crippen LogP contribution is -2.30. The summed E-state index contributed by atoms with van der Waals surface area (Å²) in [6.45, 7) is 4.60. The Hall–Kier alpha value is -3.36.